The van der Waals surface area contributed by atoms with Crippen LogP contribution in [0.3, 0.4) is 0 Å². The van der Waals surface area contributed by atoms with Gasteiger partial charge >= 0.3 is 0 Å². The molecule has 0 fully saturated rings. The van der Waals surface area contributed by atoms with E-state index >= 15 is 0 Å². The monoisotopic (exact) mass is 322 g/mol. The van der Waals surface area contributed by atoms with Crippen molar-refractivity contribution in [3.05, 3.63) is 34.3 Å². The lowest BCUT2D eigenvalue weighted by atomic mass is 9.82. The number of Topliss-reactive ketones (excluding diaryl/α,β-unsaturated/α-hetero) is 1. The van der Waals surface area contributed by atoms with Gasteiger partial charge in [0, 0.05) is 16.5 Å². The van der Waals surface area contributed by atoms with E-state index in [0.717, 1.165) is 43.1 Å². The first-order valence-corrected chi connectivity index (χ1v) is 8.54. The molecule has 0 bridgehead atoms. The first-order valence-electron chi connectivity index (χ1n) is 8.16. The molecule has 0 aliphatic carbocycles. The summed E-state index contributed by atoms with van der Waals surface area (Å²) in [6.45, 7) is 7.84. The van der Waals surface area contributed by atoms with Crippen LogP contribution in [0.5, 0.6) is 0 Å². The number of aldehydes is 1. The molecule has 0 saturated carbocycles. The van der Waals surface area contributed by atoms with Crippen molar-refractivity contribution in [3.8, 4) is 0 Å². The Hall–Kier alpha value is -1.15. The second-order valence-electron chi connectivity index (χ2n) is 6.32. The predicted molar refractivity (Wildman–Crippen MR) is 92.7 cm³/mol. The Morgan fingerprint density at radius 3 is 2.45 bits per heavy atom. The second-order valence-corrected chi connectivity index (χ2v) is 6.76. The van der Waals surface area contributed by atoms with E-state index in [9.17, 15) is 9.59 Å². The second kappa shape index (κ2) is 9.09. The molecule has 1 aromatic carbocycles. The minimum Gasteiger partial charge on any atom is -0.303 e. The number of hydrogen-bond acceptors (Lipinski definition) is 2. The van der Waals surface area contributed by atoms with Gasteiger partial charge in [-0.2, -0.15) is 0 Å². The Bertz CT molecular complexity index is 510. The molecule has 0 radical (unpaired) electrons. The summed E-state index contributed by atoms with van der Waals surface area (Å²) < 4.78 is 0. The van der Waals surface area contributed by atoms with E-state index in [1.165, 1.54) is 0 Å². The zero-order chi connectivity index (χ0) is 16.7. The maximum atomic E-state index is 11.9. The number of ketones is 1. The van der Waals surface area contributed by atoms with Crippen molar-refractivity contribution in [1.29, 1.82) is 0 Å². The molecule has 3 unspecified atom stereocenters. The standard InChI is InChI=1S/C19H27ClO2/c1-5-6-16(8-7-13(2)14(3)12-21)19-11-17(20)9-10-18(19)15(4)22/h9-14,16H,5-8H2,1-4H3. The molecule has 0 N–H and O–H groups in total. The third-order valence-corrected chi connectivity index (χ3v) is 4.79. The third kappa shape index (κ3) is 5.24. The average molecular weight is 323 g/mol. The molecule has 1 rings (SSSR count). The van der Waals surface area contributed by atoms with Gasteiger partial charge in [-0.05, 0) is 61.8 Å². The van der Waals surface area contributed by atoms with E-state index in [0.29, 0.717) is 16.9 Å². The summed E-state index contributed by atoms with van der Waals surface area (Å²) in [4.78, 5) is 22.8. The maximum absolute atomic E-state index is 11.9. The lowest BCUT2D eigenvalue weighted by Gasteiger charge is -2.22. The molecule has 122 valence electrons. The van der Waals surface area contributed by atoms with Crippen LogP contribution in [0.4, 0.5) is 0 Å². The molecule has 0 heterocycles. The van der Waals surface area contributed by atoms with E-state index in [1.54, 1.807) is 13.0 Å². The van der Waals surface area contributed by atoms with Gasteiger partial charge in [-0.3, -0.25) is 4.79 Å². The lowest BCUT2D eigenvalue weighted by molar-refractivity contribution is -0.111. The molecule has 0 spiro atoms. The van der Waals surface area contributed by atoms with Gasteiger partial charge < -0.3 is 4.79 Å². The number of hydrogen-bond donors (Lipinski definition) is 0. The van der Waals surface area contributed by atoms with Crippen LogP contribution in [-0.4, -0.2) is 12.1 Å². The number of carbonyl (C=O) groups excluding carboxylic acids is 2. The molecule has 0 amide bonds. The molecule has 0 aliphatic rings. The fourth-order valence-electron chi connectivity index (χ4n) is 2.86. The van der Waals surface area contributed by atoms with Crippen molar-refractivity contribution >= 4 is 23.7 Å². The van der Waals surface area contributed by atoms with Gasteiger partial charge in [-0.25, -0.2) is 0 Å². The summed E-state index contributed by atoms with van der Waals surface area (Å²) in [5.41, 5.74) is 1.84. The maximum Gasteiger partial charge on any atom is 0.160 e. The van der Waals surface area contributed by atoms with Crippen molar-refractivity contribution < 1.29 is 9.59 Å². The van der Waals surface area contributed by atoms with Gasteiger partial charge in [-0.1, -0.05) is 38.8 Å². The number of benzene rings is 1. The molecule has 0 aliphatic heterocycles. The fraction of sp³-hybridized carbons (Fsp3) is 0.579. The van der Waals surface area contributed by atoms with Gasteiger partial charge in [0.2, 0.25) is 0 Å². The highest BCUT2D eigenvalue weighted by atomic mass is 35.5. The van der Waals surface area contributed by atoms with E-state index in [4.69, 9.17) is 11.6 Å². The highest BCUT2D eigenvalue weighted by Gasteiger charge is 2.20. The summed E-state index contributed by atoms with van der Waals surface area (Å²) in [7, 11) is 0. The SMILES string of the molecule is CCCC(CCC(C)C(C)C=O)c1cc(Cl)ccc1C(C)=O. The minimum absolute atomic E-state index is 0.0777. The topological polar surface area (TPSA) is 34.1 Å². The van der Waals surface area contributed by atoms with Crippen molar-refractivity contribution in [1.82, 2.24) is 0 Å². The summed E-state index contributed by atoms with van der Waals surface area (Å²) in [6, 6.07) is 5.55. The zero-order valence-electron chi connectivity index (χ0n) is 14.1. The fourth-order valence-corrected chi connectivity index (χ4v) is 3.04. The van der Waals surface area contributed by atoms with Gasteiger partial charge in [0.05, 0.1) is 0 Å². The first kappa shape index (κ1) is 18.9. The highest BCUT2D eigenvalue weighted by molar-refractivity contribution is 6.30. The molecule has 0 aromatic heterocycles. The smallest absolute Gasteiger partial charge is 0.160 e. The van der Waals surface area contributed by atoms with Crippen LogP contribution < -0.4 is 0 Å². The highest BCUT2D eigenvalue weighted by Crippen LogP contribution is 2.33. The first-order chi connectivity index (χ1) is 10.4. The molecule has 3 atom stereocenters. The Morgan fingerprint density at radius 2 is 1.91 bits per heavy atom. The van der Waals surface area contributed by atoms with Crippen LogP contribution >= 0.6 is 11.6 Å². The van der Waals surface area contributed by atoms with Gasteiger partial charge in [0.25, 0.3) is 0 Å². The van der Waals surface area contributed by atoms with Gasteiger partial charge in [-0.15, -0.1) is 0 Å². The molecular formula is C19H27ClO2. The van der Waals surface area contributed by atoms with E-state index < -0.39 is 0 Å². The largest absolute Gasteiger partial charge is 0.303 e. The summed E-state index contributed by atoms with van der Waals surface area (Å²) in [5, 5.41) is 0.676. The Morgan fingerprint density at radius 1 is 1.23 bits per heavy atom. The van der Waals surface area contributed by atoms with Crippen molar-refractivity contribution in [2.24, 2.45) is 11.8 Å². The third-order valence-electron chi connectivity index (χ3n) is 4.55. The molecule has 2 nitrogen and oxygen atoms in total. The zero-order valence-corrected chi connectivity index (χ0v) is 14.8. The summed E-state index contributed by atoms with van der Waals surface area (Å²) in [6.07, 6.45) is 5.08. The van der Waals surface area contributed by atoms with Crippen LogP contribution in [-0.2, 0) is 4.79 Å². The minimum atomic E-state index is 0.0777. The Balaban J connectivity index is 2.97. The van der Waals surface area contributed by atoms with Crippen LogP contribution in [0.1, 0.15) is 75.2 Å². The van der Waals surface area contributed by atoms with E-state index in [2.05, 4.69) is 13.8 Å². The van der Waals surface area contributed by atoms with Crippen molar-refractivity contribution in [3.63, 3.8) is 0 Å². The van der Waals surface area contributed by atoms with Crippen molar-refractivity contribution in [2.45, 2.75) is 59.3 Å². The number of rotatable bonds is 9. The molecule has 3 heteroatoms. The summed E-state index contributed by atoms with van der Waals surface area (Å²) in [5.74, 6) is 0.844. The van der Waals surface area contributed by atoms with E-state index in [1.807, 2.05) is 19.1 Å². The number of halogens is 1. The molecule has 22 heavy (non-hydrogen) atoms. The Labute approximate surface area is 139 Å². The van der Waals surface area contributed by atoms with Gasteiger partial charge in [0.15, 0.2) is 5.78 Å². The van der Waals surface area contributed by atoms with Crippen LogP contribution in [0, 0.1) is 11.8 Å². The van der Waals surface area contributed by atoms with E-state index in [-0.39, 0.29) is 11.7 Å². The Kier molecular flexibility index (Phi) is 7.81. The average Bonchev–Trinajstić information content (AvgIpc) is 2.49. The molecule has 1 aromatic rings. The lowest BCUT2D eigenvalue weighted by Crippen LogP contribution is -2.12. The normalized spacial score (nSPS) is 15.1. The van der Waals surface area contributed by atoms with Crippen LogP contribution in [0.2, 0.25) is 5.02 Å². The predicted octanol–water partition coefficient (Wildman–Crippen LogP) is 5.68. The van der Waals surface area contributed by atoms with Crippen molar-refractivity contribution in [2.75, 3.05) is 0 Å². The van der Waals surface area contributed by atoms with Gasteiger partial charge in [0.1, 0.15) is 6.29 Å². The molecule has 0 saturated heterocycles. The van der Waals surface area contributed by atoms with Crippen LogP contribution in [0.15, 0.2) is 18.2 Å². The summed E-state index contributed by atoms with van der Waals surface area (Å²) >= 11 is 6.14. The number of carbonyl (C=O) groups is 2. The quantitative estimate of drug-likeness (QED) is 0.433. The van der Waals surface area contributed by atoms with Crippen LogP contribution in [0.25, 0.3) is 0 Å². The molecular weight excluding hydrogens is 296 g/mol.